The van der Waals surface area contributed by atoms with E-state index in [1.807, 2.05) is 0 Å². The van der Waals surface area contributed by atoms with Crippen molar-refractivity contribution in [1.82, 2.24) is 4.90 Å². The number of carbonyl (C=O) groups is 2. The molecular formula is C24H49NO7. The summed E-state index contributed by atoms with van der Waals surface area (Å²) in [6.07, 6.45) is 11.9. The lowest BCUT2D eigenvalue weighted by atomic mass is 10.0. The molecule has 0 aliphatic rings. The zero-order valence-electron chi connectivity index (χ0n) is 20.5. The van der Waals surface area contributed by atoms with Gasteiger partial charge in [-0.2, -0.15) is 0 Å². The average molecular weight is 464 g/mol. The molecule has 32 heavy (non-hydrogen) atoms. The molecular weight excluding hydrogens is 414 g/mol. The van der Waals surface area contributed by atoms with Crippen LogP contribution in [0.3, 0.4) is 0 Å². The molecule has 0 rings (SSSR count). The molecule has 0 aromatic heterocycles. The van der Waals surface area contributed by atoms with Gasteiger partial charge >= 0.3 is 5.97 Å². The van der Waals surface area contributed by atoms with E-state index in [0.29, 0.717) is 0 Å². The van der Waals surface area contributed by atoms with Crippen molar-refractivity contribution in [3.8, 4) is 0 Å². The largest absolute Gasteiger partial charge is 0.479 e. The smallest absolute Gasteiger partial charge is 0.335 e. The van der Waals surface area contributed by atoms with E-state index in [9.17, 15) is 9.59 Å². The van der Waals surface area contributed by atoms with Crippen molar-refractivity contribution in [2.24, 2.45) is 0 Å². The van der Waals surface area contributed by atoms with E-state index < -0.39 is 30.4 Å². The molecule has 5 N–H and O–H groups in total. The van der Waals surface area contributed by atoms with Crippen molar-refractivity contribution in [3.63, 3.8) is 0 Å². The van der Waals surface area contributed by atoms with E-state index in [0.717, 1.165) is 0 Å². The number of hydrogen-bond donors (Lipinski definition) is 5. The van der Waals surface area contributed by atoms with Gasteiger partial charge in [0.25, 0.3) is 0 Å². The molecule has 0 bridgehead atoms. The van der Waals surface area contributed by atoms with E-state index in [1.54, 1.807) is 0 Å². The Morgan fingerprint density at radius 3 is 1.41 bits per heavy atom. The Morgan fingerprint density at radius 1 is 0.719 bits per heavy atom. The van der Waals surface area contributed by atoms with Crippen LogP contribution in [0.4, 0.5) is 0 Å². The summed E-state index contributed by atoms with van der Waals surface area (Å²) in [4.78, 5) is 22.3. The first kappa shape index (κ1) is 33.1. The lowest BCUT2D eigenvalue weighted by Crippen LogP contribution is -2.48. The Morgan fingerprint density at radius 2 is 1.09 bits per heavy atom. The van der Waals surface area contributed by atoms with Crippen LogP contribution in [0, 0.1) is 0 Å². The minimum Gasteiger partial charge on any atom is -0.479 e. The van der Waals surface area contributed by atoms with Crippen molar-refractivity contribution in [1.29, 1.82) is 0 Å². The standard InChI is InChI=1S/C18H39N.C6H10O7/c1-4-5-6-7-8-9-10-11-12-13-14-15-16-17-18-19(2)3;7-1-2(8)3(9)4(10)5(11)6(12)13/h4-18H2,1-3H3;1-5,8-11H,(H,12,13)/t;2-,3+,4-,5-/m.0/s1. The summed E-state index contributed by atoms with van der Waals surface area (Å²) in [5.41, 5.74) is 0. The van der Waals surface area contributed by atoms with Crippen molar-refractivity contribution in [2.45, 2.75) is 121 Å². The van der Waals surface area contributed by atoms with Crippen LogP contribution in [-0.2, 0) is 9.59 Å². The minimum atomic E-state index is -2.25. The predicted molar refractivity (Wildman–Crippen MR) is 127 cm³/mol. The molecule has 0 heterocycles. The van der Waals surface area contributed by atoms with Gasteiger partial charge in [-0.1, -0.05) is 90.4 Å². The molecule has 0 aliphatic carbocycles. The summed E-state index contributed by atoms with van der Waals surface area (Å²) in [7, 11) is 4.34. The third-order valence-corrected chi connectivity index (χ3v) is 5.37. The Labute approximate surface area is 194 Å². The highest BCUT2D eigenvalue weighted by atomic mass is 16.4. The molecule has 0 saturated carbocycles. The first-order valence-corrected chi connectivity index (χ1v) is 12.2. The molecule has 0 radical (unpaired) electrons. The number of carboxylic acids is 1. The highest BCUT2D eigenvalue weighted by Crippen LogP contribution is 2.13. The number of unbranched alkanes of at least 4 members (excludes halogenated alkanes) is 13. The molecule has 8 nitrogen and oxygen atoms in total. The molecule has 0 aromatic carbocycles. The Kier molecular flexibility index (Phi) is 23.9. The van der Waals surface area contributed by atoms with Gasteiger partial charge in [0.05, 0.1) is 0 Å². The summed E-state index contributed by atoms with van der Waals surface area (Å²) in [5.74, 6) is -1.76. The van der Waals surface area contributed by atoms with Crippen LogP contribution in [0.15, 0.2) is 0 Å². The fourth-order valence-corrected chi connectivity index (χ4v) is 3.24. The summed E-state index contributed by atoms with van der Waals surface area (Å²) >= 11 is 0. The molecule has 8 heteroatoms. The second-order valence-corrected chi connectivity index (χ2v) is 8.79. The van der Waals surface area contributed by atoms with Gasteiger partial charge in [0, 0.05) is 0 Å². The van der Waals surface area contributed by atoms with Gasteiger partial charge < -0.3 is 35.2 Å². The predicted octanol–water partition coefficient (Wildman–Crippen LogP) is 2.74. The normalized spacial score (nSPS) is 14.9. The molecule has 0 aromatic rings. The number of aliphatic hydroxyl groups is 4. The highest BCUT2D eigenvalue weighted by Gasteiger charge is 2.34. The minimum absolute atomic E-state index is 0.0809. The summed E-state index contributed by atoms with van der Waals surface area (Å²) in [6, 6.07) is 0. The Balaban J connectivity index is 0. The Bertz CT molecular complexity index is 435. The molecule has 0 amide bonds. The van der Waals surface area contributed by atoms with Gasteiger partial charge in [-0.05, 0) is 27.1 Å². The second-order valence-electron chi connectivity index (χ2n) is 8.79. The van der Waals surface area contributed by atoms with E-state index in [1.165, 1.54) is 96.4 Å². The summed E-state index contributed by atoms with van der Waals surface area (Å²) in [5, 5.41) is 43.2. The summed E-state index contributed by atoms with van der Waals surface area (Å²) < 4.78 is 0. The number of aldehydes is 1. The zero-order chi connectivity index (χ0) is 24.8. The van der Waals surface area contributed by atoms with E-state index in [2.05, 4.69) is 25.9 Å². The lowest BCUT2D eigenvalue weighted by molar-refractivity contribution is -0.163. The number of aliphatic hydroxyl groups excluding tert-OH is 4. The van der Waals surface area contributed by atoms with Crippen molar-refractivity contribution in [3.05, 3.63) is 0 Å². The fourth-order valence-electron chi connectivity index (χ4n) is 3.24. The van der Waals surface area contributed by atoms with Crippen LogP contribution in [0.25, 0.3) is 0 Å². The molecule has 192 valence electrons. The Hall–Kier alpha value is -1.06. The van der Waals surface area contributed by atoms with Gasteiger partial charge in [-0.25, -0.2) is 4.79 Å². The van der Waals surface area contributed by atoms with Crippen LogP contribution in [0.5, 0.6) is 0 Å². The van der Waals surface area contributed by atoms with Crippen LogP contribution in [0.2, 0.25) is 0 Å². The van der Waals surface area contributed by atoms with Crippen molar-refractivity contribution >= 4 is 12.3 Å². The molecule has 0 saturated heterocycles. The van der Waals surface area contributed by atoms with Crippen LogP contribution >= 0.6 is 0 Å². The molecule has 0 unspecified atom stereocenters. The van der Waals surface area contributed by atoms with Crippen molar-refractivity contribution < 1.29 is 35.1 Å². The maximum absolute atomic E-state index is 10.1. The molecule has 0 aliphatic heterocycles. The third-order valence-electron chi connectivity index (χ3n) is 5.37. The molecule has 4 atom stereocenters. The van der Waals surface area contributed by atoms with Crippen LogP contribution < -0.4 is 0 Å². The first-order valence-electron chi connectivity index (χ1n) is 12.2. The topological polar surface area (TPSA) is 139 Å². The van der Waals surface area contributed by atoms with Gasteiger partial charge in [0.15, 0.2) is 12.4 Å². The number of carbonyl (C=O) groups excluding carboxylic acids is 1. The summed E-state index contributed by atoms with van der Waals surface area (Å²) in [6.45, 7) is 3.55. The van der Waals surface area contributed by atoms with Crippen LogP contribution in [-0.4, -0.2) is 87.7 Å². The first-order chi connectivity index (χ1) is 15.2. The maximum Gasteiger partial charge on any atom is 0.335 e. The number of nitrogens with zero attached hydrogens (tertiary/aromatic N) is 1. The zero-order valence-corrected chi connectivity index (χ0v) is 20.5. The fraction of sp³-hybridized carbons (Fsp3) is 0.917. The quantitative estimate of drug-likeness (QED) is 0.137. The SMILES string of the molecule is CCCCCCCCCCCCCCCCN(C)C.O=C[C@H](O)[C@@H](O)[C@H](O)[C@H](O)C(=O)O. The number of rotatable bonds is 20. The maximum atomic E-state index is 10.1. The van der Waals surface area contributed by atoms with Crippen molar-refractivity contribution in [2.75, 3.05) is 20.6 Å². The van der Waals surface area contributed by atoms with E-state index in [4.69, 9.17) is 25.5 Å². The number of carboxylic acid groups (broad SMARTS) is 1. The van der Waals surface area contributed by atoms with E-state index in [-0.39, 0.29) is 6.29 Å². The van der Waals surface area contributed by atoms with Gasteiger partial charge in [0.2, 0.25) is 0 Å². The number of hydrogen-bond acceptors (Lipinski definition) is 7. The monoisotopic (exact) mass is 463 g/mol. The second kappa shape index (κ2) is 23.1. The number of aliphatic carboxylic acids is 1. The van der Waals surface area contributed by atoms with Crippen LogP contribution in [0.1, 0.15) is 96.8 Å². The highest BCUT2D eigenvalue weighted by molar-refractivity contribution is 5.73. The molecule has 0 fully saturated rings. The third kappa shape index (κ3) is 20.8. The molecule has 0 spiro atoms. The van der Waals surface area contributed by atoms with Gasteiger partial charge in [-0.15, -0.1) is 0 Å². The van der Waals surface area contributed by atoms with E-state index >= 15 is 0 Å². The average Bonchev–Trinajstić information content (AvgIpc) is 2.77. The van der Waals surface area contributed by atoms with Gasteiger partial charge in [-0.3, -0.25) is 0 Å². The lowest BCUT2D eigenvalue weighted by Gasteiger charge is -2.21. The van der Waals surface area contributed by atoms with Gasteiger partial charge in [0.1, 0.15) is 18.3 Å².